The summed E-state index contributed by atoms with van der Waals surface area (Å²) in [6, 6.07) is 7.31. The van der Waals surface area contributed by atoms with Crippen LogP contribution in [0.3, 0.4) is 0 Å². The number of amides is 1. The van der Waals surface area contributed by atoms with E-state index in [-0.39, 0.29) is 17.4 Å². The largest absolute Gasteiger partial charge is 0.396 e. The lowest BCUT2D eigenvalue weighted by Crippen LogP contribution is -2.52. The summed E-state index contributed by atoms with van der Waals surface area (Å²) >= 11 is 0. The predicted octanol–water partition coefficient (Wildman–Crippen LogP) is 3.72. The molecule has 1 aliphatic carbocycles. The van der Waals surface area contributed by atoms with Crippen molar-refractivity contribution in [3.8, 4) is 11.8 Å². The standard InChI is InChI=1S/C24H36N2O2/c1-17(24(4,5)25)26-22(28)20-10-6-18(7-11-20)14-15-23(2,3)21-12-8-19(16-27)9-13-21/h6-7,10-11,17,19,21,27H,8-9,12-13,16,25H2,1-5H3,(H,26,28). The Balaban J connectivity index is 2.00. The molecule has 4 heteroatoms. The lowest BCUT2D eigenvalue weighted by molar-refractivity contribution is 0.0925. The highest BCUT2D eigenvalue weighted by Crippen LogP contribution is 2.39. The SMILES string of the molecule is CC(NC(=O)c1ccc(C#CC(C)(C)C2CCC(CO)CC2)cc1)C(C)(C)N. The second kappa shape index (κ2) is 9.11. The summed E-state index contributed by atoms with van der Waals surface area (Å²) in [5, 5.41) is 12.3. The van der Waals surface area contributed by atoms with Crippen LogP contribution < -0.4 is 11.1 Å². The van der Waals surface area contributed by atoms with Crippen LogP contribution in [-0.2, 0) is 0 Å². The highest BCUT2D eigenvalue weighted by atomic mass is 16.3. The molecular weight excluding hydrogens is 348 g/mol. The lowest BCUT2D eigenvalue weighted by atomic mass is 9.69. The molecule has 1 aromatic rings. The minimum absolute atomic E-state index is 0.0569. The van der Waals surface area contributed by atoms with E-state index in [1.807, 2.05) is 45.0 Å². The Labute approximate surface area is 170 Å². The van der Waals surface area contributed by atoms with Crippen LogP contribution in [0.1, 0.15) is 76.2 Å². The Kier molecular flexibility index (Phi) is 7.31. The van der Waals surface area contributed by atoms with Crippen LogP contribution >= 0.6 is 0 Å². The molecule has 1 saturated carbocycles. The van der Waals surface area contributed by atoms with Crippen LogP contribution in [0.5, 0.6) is 0 Å². The number of aliphatic hydroxyl groups excluding tert-OH is 1. The zero-order valence-electron chi connectivity index (χ0n) is 18.0. The Morgan fingerprint density at radius 3 is 2.25 bits per heavy atom. The third kappa shape index (κ3) is 6.09. The van der Waals surface area contributed by atoms with E-state index in [0.29, 0.717) is 24.0 Å². The first-order valence-corrected chi connectivity index (χ1v) is 10.4. The van der Waals surface area contributed by atoms with Crippen molar-refractivity contribution in [1.29, 1.82) is 0 Å². The number of hydrogen-bond acceptors (Lipinski definition) is 3. The first-order valence-electron chi connectivity index (χ1n) is 10.4. The van der Waals surface area contributed by atoms with Gasteiger partial charge < -0.3 is 16.2 Å². The molecule has 1 aliphatic rings. The van der Waals surface area contributed by atoms with Crippen LogP contribution in [0.2, 0.25) is 0 Å². The highest BCUT2D eigenvalue weighted by molar-refractivity contribution is 5.94. The van der Waals surface area contributed by atoms with Gasteiger partial charge in [-0.3, -0.25) is 4.79 Å². The maximum absolute atomic E-state index is 12.4. The minimum atomic E-state index is -0.469. The van der Waals surface area contributed by atoms with Gasteiger partial charge in [0, 0.05) is 34.7 Å². The third-order valence-corrected chi connectivity index (χ3v) is 6.27. The summed E-state index contributed by atoms with van der Waals surface area (Å²) in [5.74, 6) is 7.65. The number of nitrogens with two attached hydrogens (primary N) is 1. The van der Waals surface area contributed by atoms with E-state index in [2.05, 4.69) is 31.0 Å². The van der Waals surface area contributed by atoms with Crippen molar-refractivity contribution < 1.29 is 9.90 Å². The van der Waals surface area contributed by atoms with E-state index in [1.54, 1.807) is 0 Å². The van der Waals surface area contributed by atoms with Gasteiger partial charge in [0.25, 0.3) is 5.91 Å². The number of hydrogen-bond donors (Lipinski definition) is 3. The van der Waals surface area contributed by atoms with E-state index in [1.165, 1.54) is 0 Å². The number of carbonyl (C=O) groups is 1. The molecule has 1 fully saturated rings. The van der Waals surface area contributed by atoms with Crippen LogP contribution in [0.25, 0.3) is 0 Å². The van der Waals surface area contributed by atoms with Gasteiger partial charge in [0.2, 0.25) is 0 Å². The van der Waals surface area contributed by atoms with Gasteiger partial charge in [-0.25, -0.2) is 0 Å². The number of rotatable bonds is 5. The highest BCUT2D eigenvalue weighted by Gasteiger charge is 2.31. The number of nitrogens with one attached hydrogen (secondary N) is 1. The van der Waals surface area contributed by atoms with Gasteiger partial charge in [0.1, 0.15) is 0 Å². The monoisotopic (exact) mass is 384 g/mol. The third-order valence-electron chi connectivity index (χ3n) is 6.27. The first kappa shape index (κ1) is 22.5. The molecule has 0 radical (unpaired) electrons. The van der Waals surface area contributed by atoms with Crippen molar-refractivity contribution in [1.82, 2.24) is 5.32 Å². The number of aliphatic hydroxyl groups is 1. The molecule has 154 valence electrons. The van der Waals surface area contributed by atoms with E-state index < -0.39 is 5.54 Å². The Bertz CT molecular complexity index is 712. The zero-order chi connectivity index (χ0) is 20.9. The summed E-state index contributed by atoms with van der Waals surface area (Å²) in [6.45, 7) is 10.4. The van der Waals surface area contributed by atoms with Gasteiger partial charge in [0.05, 0.1) is 0 Å². The van der Waals surface area contributed by atoms with Crippen molar-refractivity contribution in [2.45, 2.75) is 71.9 Å². The Morgan fingerprint density at radius 2 is 1.75 bits per heavy atom. The van der Waals surface area contributed by atoms with Gasteiger partial charge >= 0.3 is 0 Å². The maximum atomic E-state index is 12.4. The van der Waals surface area contributed by atoms with Crippen LogP contribution in [0.4, 0.5) is 0 Å². The second-order valence-corrected chi connectivity index (χ2v) is 9.47. The van der Waals surface area contributed by atoms with Gasteiger partial charge in [-0.1, -0.05) is 11.8 Å². The van der Waals surface area contributed by atoms with E-state index >= 15 is 0 Å². The van der Waals surface area contributed by atoms with Crippen molar-refractivity contribution in [2.24, 2.45) is 23.0 Å². The lowest BCUT2D eigenvalue weighted by Gasteiger charge is -2.35. The van der Waals surface area contributed by atoms with Gasteiger partial charge in [-0.05, 0) is 96.4 Å². The summed E-state index contributed by atoms with van der Waals surface area (Å²) in [4.78, 5) is 12.4. The molecule has 1 amide bonds. The molecule has 4 N–H and O–H groups in total. The fourth-order valence-corrected chi connectivity index (χ4v) is 3.57. The normalized spacial score (nSPS) is 21.4. The second-order valence-electron chi connectivity index (χ2n) is 9.47. The fourth-order valence-electron chi connectivity index (χ4n) is 3.57. The topological polar surface area (TPSA) is 75.3 Å². The van der Waals surface area contributed by atoms with E-state index in [4.69, 9.17) is 5.73 Å². The molecule has 0 aromatic heterocycles. The van der Waals surface area contributed by atoms with Gasteiger partial charge in [-0.2, -0.15) is 0 Å². The predicted molar refractivity (Wildman–Crippen MR) is 115 cm³/mol. The Hall–Kier alpha value is -1.83. The summed E-state index contributed by atoms with van der Waals surface area (Å²) < 4.78 is 0. The molecule has 1 aromatic carbocycles. The van der Waals surface area contributed by atoms with Crippen molar-refractivity contribution in [3.63, 3.8) is 0 Å². The molecule has 2 rings (SSSR count). The van der Waals surface area contributed by atoms with Crippen LogP contribution in [0.15, 0.2) is 24.3 Å². The van der Waals surface area contributed by atoms with Gasteiger partial charge in [-0.15, -0.1) is 0 Å². The maximum Gasteiger partial charge on any atom is 0.251 e. The van der Waals surface area contributed by atoms with Crippen molar-refractivity contribution >= 4 is 5.91 Å². The zero-order valence-corrected chi connectivity index (χ0v) is 18.0. The molecule has 0 heterocycles. The van der Waals surface area contributed by atoms with Crippen LogP contribution in [0, 0.1) is 29.1 Å². The molecule has 28 heavy (non-hydrogen) atoms. The van der Waals surface area contributed by atoms with E-state index in [0.717, 1.165) is 31.2 Å². The Morgan fingerprint density at radius 1 is 1.18 bits per heavy atom. The average molecular weight is 385 g/mol. The molecule has 0 bridgehead atoms. The summed E-state index contributed by atoms with van der Waals surface area (Å²) in [6.07, 6.45) is 4.44. The smallest absolute Gasteiger partial charge is 0.251 e. The molecule has 1 unspecified atom stereocenters. The van der Waals surface area contributed by atoms with Crippen molar-refractivity contribution in [2.75, 3.05) is 6.61 Å². The van der Waals surface area contributed by atoms with E-state index in [9.17, 15) is 9.90 Å². The molecule has 1 atom stereocenters. The molecule has 4 nitrogen and oxygen atoms in total. The summed E-state index contributed by atoms with van der Waals surface area (Å²) in [5.41, 5.74) is 7.05. The van der Waals surface area contributed by atoms with Crippen LogP contribution in [-0.4, -0.2) is 29.2 Å². The molecule has 0 spiro atoms. The minimum Gasteiger partial charge on any atom is -0.396 e. The number of benzene rings is 1. The quantitative estimate of drug-likeness (QED) is 0.677. The summed E-state index contributed by atoms with van der Waals surface area (Å²) in [7, 11) is 0. The molecule has 0 aliphatic heterocycles. The molecule has 0 saturated heterocycles. The first-order chi connectivity index (χ1) is 13.0. The fraction of sp³-hybridized carbons (Fsp3) is 0.625. The molecular formula is C24H36N2O2. The van der Waals surface area contributed by atoms with Crippen molar-refractivity contribution in [3.05, 3.63) is 35.4 Å². The van der Waals surface area contributed by atoms with Gasteiger partial charge in [0.15, 0.2) is 0 Å². The number of carbonyl (C=O) groups excluding carboxylic acids is 1. The average Bonchev–Trinajstić information content (AvgIpc) is 2.66.